The normalized spacial score (nSPS) is 22.2. The fourth-order valence-corrected chi connectivity index (χ4v) is 3.63. The van der Waals surface area contributed by atoms with Crippen LogP contribution in [0.4, 0.5) is 0 Å². The zero-order valence-corrected chi connectivity index (χ0v) is 14.4. The largest absolute Gasteiger partial charge is 0.392 e. The Morgan fingerprint density at radius 3 is 2.43 bits per heavy atom. The number of carbonyl (C=O) groups is 1. The van der Waals surface area contributed by atoms with Crippen LogP contribution >= 0.6 is 12.2 Å². The molecule has 1 fully saturated rings. The summed E-state index contributed by atoms with van der Waals surface area (Å²) < 4.78 is 5.67. The van der Waals surface area contributed by atoms with Crippen LogP contribution < -0.4 is 11.1 Å². The molecule has 1 saturated heterocycles. The first-order chi connectivity index (χ1) is 10.0. The standard InChI is InChI=1S/C16H30N2O2S/c1-4-8-16(9-5-2,14(17)21)15(19)18-11-12-7-10-20-13(12)6-3/h12-13H,4-11H2,1-3H3,(H2,17,21)(H,18,19). The lowest BCUT2D eigenvalue weighted by Crippen LogP contribution is -2.50. The highest BCUT2D eigenvalue weighted by Crippen LogP contribution is 2.31. The third-order valence-corrected chi connectivity index (χ3v) is 4.92. The van der Waals surface area contributed by atoms with Gasteiger partial charge in [0.15, 0.2) is 0 Å². The first-order valence-corrected chi connectivity index (χ1v) is 8.62. The minimum absolute atomic E-state index is 0.000420. The van der Waals surface area contributed by atoms with Gasteiger partial charge in [-0.05, 0) is 25.7 Å². The van der Waals surface area contributed by atoms with E-state index < -0.39 is 5.41 Å². The van der Waals surface area contributed by atoms with E-state index in [-0.39, 0.29) is 12.0 Å². The number of nitrogens with one attached hydrogen (secondary N) is 1. The summed E-state index contributed by atoms with van der Waals surface area (Å²) in [5, 5.41) is 3.09. The Morgan fingerprint density at radius 2 is 1.95 bits per heavy atom. The molecule has 0 spiro atoms. The van der Waals surface area contributed by atoms with Crippen LogP contribution in [0.5, 0.6) is 0 Å². The minimum atomic E-state index is -0.681. The van der Waals surface area contributed by atoms with Crippen LogP contribution in [0.2, 0.25) is 0 Å². The maximum Gasteiger partial charge on any atom is 0.233 e. The lowest BCUT2D eigenvalue weighted by molar-refractivity contribution is -0.128. The van der Waals surface area contributed by atoms with Crippen LogP contribution in [-0.4, -0.2) is 30.2 Å². The van der Waals surface area contributed by atoms with Crippen LogP contribution in [0.1, 0.15) is 59.3 Å². The number of carbonyl (C=O) groups excluding carboxylic acids is 1. The van der Waals surface area contributed by atoms with E-state index in [0.717, 1.165) is 45.1 Å². The van der Waals surface area contributed by atoms with E-state index in [4.69, 9.17) is 22.7 Å². The second-order valence-corrected chi connectivity index (χ2v) is 6.46. The van der Waals surface area contributed by atoms with E-state index in [2.05, 4.69) is 26.1 Å². The molecule has 1 aliphatic heterocycles. The molecule has 0 bridgehead atoms. The molecule has 4 nitrogen and oxygen atoms in total. The van der Waals surface area contributed by atoms with Gasteiger partial charge >= 0.3 is 0 Å². The summed E-state index contributed by atoms with van der Waals surface area (Å²) >= 11 is 5.22. The molecule has 21 heavy (non-hydrogen) atoms. The summed E-state index contributed by atoms with van der Waals surface area (Å²) in [6.07, 6.45) is 5.51. The van der Waals surface area contributed by atoms with E-state index in [1.54, 1.807) is 0 Å². The van der Waals surface area contributed by atoms with Crippen LogP contribution in [0.15, 0.2) is 0 Å². The number of rotatable bonds is 9. The van der Waals surface area contributed by atoms with Gasteiger partial charge in [0.1, 0.15) is 0 Å². The zero-order chi connectivity index (χ0) is 15.9. The van der Waals surface area contributed by atoms with Gasteiger partial charge in [-0.3, -0.25) is 4.79 Å². The average Bonchev–Trinajstić information content (AvgIpc) is 2.91. The molecule has 2 unspecified atom stereocenters. The van der Waals surface area contributed by atoms with Crippen molar-refractivity contribution in [2.45, 2.75) is 65.4 Å². The molecule has 1 rings (SSSR count). The molecule has 0 saturated carbocycles. The lowest BCUT2D eigenvalue weighted by atomic mass is 9.78. The second kappa shape index (κ2) is 8.69. The van der Waals surface area contributed by atoms with Crippen molar-refractivity contribution in [3.05, 3.63) is 0 Å². The van der Waals surface area contributed by atoms with Gasteiger partial charge in [-0.25, -0.2) is 0 Å². The minimum Gasteiger partial charge on any atom is -0.392 e. The molecule has 2 atom stereocenters. The monoisotopic (exact) mass is 314 g/mol. The van der Waals surface area contributed by atoms with Gasteiger partial charge in [0.25, 0.3) is 0 Å². The van der Waals surface area contributed by atoms with E-state index in [9.17, 15) is 4.79 Å². The molecule has 5 heteroatoms. The summed E-state index contributed by atoms with van der Waals surface area (Å²) in [5.41, 5.74) is 5.25. The molecular formula is C16H30N2O2S. The Labute approximate surface area is 134 Å². The zero-order valence-electron chi connectivity index (χ0n) is 13.6. The van der Waals surface area contributed by atoms with Gasteiger partial charge in [0.2, 0.25) is 5.91 Å². The summed E-state index contributed by atoms with van der Waals surface area (Å²) in [4.78, 5) is 13.1. The van der Waals surface area contributed by atoms with Gasteiger partial charge < -0.3 is 15.8 Å². The quantitative estimate of drug-likeness (QED) is 0.642. The number of hydrogen-bond donors (Lipinski definition) is 2. The summed E-state index contributed by atoms with van der Waals surface area (Å²) in [6, 6.07) is 0. The highest BCUT2D eigenvalue weighted by atomic mass is 32.1. The van der Waals surface area contributed by atoms with Crippen LogP contribution in [0.3, 0.4) is 0 Å². The predicted octanol–water partition coefficient (Wildman–Crippen LogP) is 2.79. The molecule has 3 N–H and O–H groups in total. The Kier molecular flexibility index (Phi) is 7.60. The molecule has 1 heterocycles. The molecule has 0 aliphatic carbocycles. The summed E-state index contributed by atoms with van der Waals surface area (Å²) in [6.45, 7) is 7.71. The fourth-order valence-electron chi connectivity index (χ4n) is 3.33. The molecule has 0 radical (unpaired) electrons. The topological polar surface area (TPSA) is 64.3 Å². The maximum atomic E-state index is 12.7. The van der Waals surface area contributed by atoms with E-state index in [1.165, 1.54) is 0 Å². The first-order valence-electron chi connectivity index (χ1n) is 8.21. The van der Waals surface area contributed by atoms with Gasteiger partial charge in [0.05, 0.1) is 16.5 Å². The van der Waals surface area contributed by atoms with Gasteiger partial charge in [-0.1, -0.05) is 45.8 Å². The van der Waals surface area contributed by atoms with Crippen LogP contribution in [0, 0.1) is 11.3 Å². The molecule has 0 aromatic rings. The highest BCUT2D eigenvalue weighted by Gasteiger charge is 2.40. The number of ether oxygens (including phenoxy) is 1. The van der Waals surface area contributed by atoms with Crippen molar-refractivity contribution >= 4 is 23.1 Å². The molecule has 0 aromatic carbocycles. The lowest BCUT2D eigenvalue weighted by Gasteiger charge is -2.31. The average molecular weight is 314 g/mol. The Morgan fingerprint density at radius 1 is 1.33 bits per heavy atom. The van der Waals surface area contributed by atoms with Crippen molar-refractivity contribution in [1.29, 1.82) is 0 Å². The number of thiocarbonyl (C=S) groups is 1. The maximum absolute atomic E-state index is 12.7. The number of hydrogen-bond acceptors (Lipinski definition) is 3. The first kappa shape index (κ1) is 18.4. The number of amides is 1. The summed E-state index contributed by atoms with van der Waals surface area (Å²) in [7, 11) is 0. The third-order valence-electron chi connectivity index (χ3n) is 4.53. The molecule has 122 valence electrons. The van der Waals surface area contributed by atoms with Gasteiger partial charge in [-0.15, -0.1) is 0 Å². The Bertz CT molecular complexity index is 354. The van der Waals surface area contributed by atoms with Crippen LogP contribution in [0.25, 0.3) is 0 Å². The molecular weight excluding hydrogens is 284 g/mol. The van der Waals surface area contributed by atoms with Gasteiger partial charge in [-0.2, -0.15) is 0 Å². The number of nitrogens with two attached hydrogens (primary N) is 1. The van der Waals surface area contributed by atoms with Crippen molar-refractivity contribution in [1.82, 2.24) is 5.32 Å². The highest BCUT2D eigenvalue weighted by molar-refractivity contribution is 7.80. The Hall–Kier alpha value is -0.680. The fraction of sp³-hybridized carbons (Fsp3) is 0.875. The Balaban J connectivity index is 2.70. The van der Waals surface area contributed by atoms with Crippen molar-refractivity contribution in [3.8, 4) is 0 Å². The van der Waals surface area contributed by atoms with Crippen molar-refractivity contribution in [2.24, 2.45) is 17.1 Å². The predicted molar refractivity (Wildman–Crippen MR) is 90.2 cm³/mol. The van der Waals surface area contributed by atoms with Crippen molar-refractivity contribution in [2.75, 3.05) is 13.2 Å². The molecule has 1 aliphatic rings. The third kappa shape index (κ3) is 4.39. The molecule has 1 amide bonds. The van der Waals surface area contributed by atoms with Gasteiger partial charge in [0, 0.05) is 19.1 Å². The SMILES string of the molecule is CCCC(CCC)(C(=O)NCC1CCOC1CC)C(N)=S. The smallest absolute Gasteiger partial charge is 0.233 e. The van der Waals surface area contributed by atoms with Crippen LogP contribution in [-0.2, 0) is 9.53 Å². The second-order valence-electron chi connectivity index (χ2n) is 6.02. The molecule has 0 aromatic heterocycles. The van der Waals surface area contributed by atoms with E-state index >= 15 is 0 Å². The van der Waals surface area contributed by atoms with E-state index in [1.807, 2.05) is 0 Å². The van der Waals surface area contributed by atoms with Crippen molar-refractivity contribution in [3.63, 3.8) is 0 Å². The van der Waals surface area contributed by atoms with E-state index in [0.29, 0.717) is 17.5 Å². The summed E-state index contributed by atoms with van der Waals surface area (Å²) in [5.74, 6) is 0.409. The van der Waals surface area contributed by atoms with Crippen molar-refractivity contribution < 1.29 is 9.53 Å².